The summed E-state index contributed by atoms with van der Waals surface area (Å²) in [5.41, 5.74) is 2.80. The van der Waals surface area contributed by atoms with Crippen LogP contribution in [0.25, 0.3) is 0 Å². The molecule has 0 radical (unpaired) electrons. The van der Waals surface area contributed by atoms with Crippen molar-refractivity contribution in [2.75, 3.05) is 5.32 Å². The molecule has 1 amide bonds. The second kappa shape index (κ2) is 7.64. The van der Waals surface area contributed by atoms with Gasteiger partial charge in [-0.05, 0) is 43.7 Å². The monoisotopic (exact) mass is 354 g/mol. The van der Waals surface area contributed by atoms with E-state index in [-0.39, 0.29) is 5.91 Å². The summed E-state index contributed by atoms with van der Waals surface area (Å²) in [5.74, 6) is 0.766. The summed E-state index contributed by atoms with van der Waals surface area (Å²) in [6.45, 7) is 3.95. The molecule has 0 aliphatic heterocycles. The van der Waals surface area contributed by atoms with E-state index < -0.39 is 0 Å². The molecule has 0 atom stereocenters. The number of nitrogens with one attached hydrogen (secondary N) is 1. The highest BCUT2D eigenvalue weighted by atomic mass is 32.2. The van der Waals surface area contributed by atoms with Crippen molar-refractivity contribution in [2.45, 2.75) is 24.5 Å². The lowest BCUT2D eigenvalue weighted by Gasteiger charge is -2.05. The van der Waals surface area contributed by atoms with Crippen LogP contribution in [-0.4, -0.2) is 10.9 Å². The number of hydrogen-bond acceptors (Lipinski definition) is 4. The van der Waals surface area contributed by atoms with Crippen LogP contribution in [0.2, 0.25) is 0 Å². The first-order valence-corrected chi connectivity index (χ1v) is 9.44. The van der Waals surface area contributed by atoms with Gasteiger partial charge in [-0.1, -0.05) is 30.3 Å². The van der Waals surface area contributed by atoms with E-state index in [0.29, 0.717) is 10.7 Å². The molecule has 3 nitrogen and oxygen atoms in total. The number of aromatic nitrogens is 1. The van der Waals surface area contributed by atoms with E-state index >= 15 is 0 Å². The van der Waals surface area contributed by atoms with Gasteiger partial charge in [0.2, 0.25) is 0 Å². The normalized spacial score (nSPS) is 10.6. The number of nitrogens with zero attached hydrogens (tertiary/aromatic N) is 1. The number of carbonyl (C=O) groups is 1. The van der Waals surface area contributed by atoms with Gasteiger partial charge in [0.15, 0.2) is 5.13 Å². The van der Waals surface area contributed by atoms with Crippen molar-refractivity contribution < 1.29 is 4.79 Å². The molecular weight excluding hydrogens is 336 g/mol. The molecule has 1 N–H and O–H groups in total. The van der Waals surface area contributed by atoms with Gasteiger partial charge in [0.25, 0.3) is 5.91 Å². The molecule has 3 aromatic rings. The molecule has 1 heterocycles. The average Bonchev–Trinajstić information content (AvgIpc) is 2.92. The zero-order chi connectivity index (χ0) is 16.9. The topological polar surface area (TPSA) is 42.0 Å². The van der Waals surface area contributed by atoms with Crippen LogP contribution in [0.15, 0.2) is 59.5 Å². The molecule has 0 saturated heterocycles. The van der Waals surface area contributed by atoms with Crippen LogP contribution >= 0.6 is 23.1 Å². The van der Waals surface area contributed by atoms with Gasteiger partial charge in [-0.25, -0.2) is 4.98 Å². The summed E-state index contributed by atoms with van der Waals surface area (Å²) in [5, 5.41) is 3.51. The minimum absolute atomic E-state index is 0.119. The molecule has 3 rings (SSSR count). The van der Waals surface area contributed by atoms with E-state index in [2.05, 4.69) is 22.4 Å². The van der Waals surface area contributed by atoms with Gasteiger partial charge in [0.1, 0.15) is 0 Å². The first-order valence-electron chi connectivity index (χ1n) is 7.64. The molecule has 1 aromatic heterocycles. The number of benzene rings is 2. The Bertz CT molecular complexity index is 807. The molecule has 0 fully saturated rings. The largest absolute Gasteiger partial charge is 0.298 e. The third-order valence-electron chi connectivity index (χ3n) is 3.61. The van der Waals surface area contributed by atoms with Crippen LogP contribution < -0.4 is 5.32 Å². The fraction of sp³-hybridized carbons (Fsp3) is 0.158. The van der Waals surface area contributed by atoms with E-state index in [0.717, 1.165) is 16.3 Å². The smallest absolute Gasteiger partial charge is 0.257 e. The third-order valence-corrected chi connectivity index (χ3v) is 5.69. The summed E-state index contributed by atoms with van der Waals surface area (Å²) < 4.78 is 0. The Kier molecular flexibility index (Phi) is 5.33. The molecule has 122 valence electrons. The maximum Gasteiger partial charge on any atom is 0.257 e. The quantitative estimate of drug-likeness (QED) is 0.632. The minimum Gasteiger partial charge on any atom is -0.298 e. The fourth-order valence-electron chi connectivity index (χ4n) is 2.13. The van der Waals surface area contributed by atoms with Gasteiger partial charge in [-0.2, -0.15) is 0 Å². The molecule has 0 bridgehead atoms. The Morgan fingerprint density at radius 2 is 1.79 bits per heavy atom. The number of rotatable bonds is 5. The molecule has 24 heavy (non-hydrogen) atoms. The predicted molar refractivity (Wildman–Crippen MR) is 102 cm³/mol. The Labute approximate surface area is 150 Å². The first kappa shape index (κ1) is 16.7. The summed E-state index contributed by atoms with van der Waals surface area (Å²) >= 11 is 3.29. The van der Waals surface area contributed by atoms with Crippen LogP contribution in [0.1, 0.15) is 26.5 Å². The summed E-state index contributed by atoms with van der Waals surface area (Å²) in [7, 11) is 0. The molecular formula is C19H18N2OS2. The van der Waals surface area contributed by atoms with Gasteiger partial charge in [-0.15, -0.1) is 23.1 Å². The highest BCUT2D eigenvalue weighted by molar-refractivity contribution is 7.98. The maximum absolute atomic E-state index is 12.3. The Balaban J connectivity index is 1.60. The van der Waals surface area contributed by atoms with E-state index in [1.165, 1.54) is 21.8 Å². The van der Waals surface area contributed by atoms with Crippen LogP contribution in [0.4, 0.5) is 5.13 Å². The molecule has 0 aliphatic rings. The standard InChI is InChI=1S/C19H18N2OS2/c1-13-14(2)24-19(20-13)21-18(22)16-10-8-15(9-11-16)12-23-17-6-4-3-5-7-17/h3-11H,12H2,1-2H3,(H,20,21,22). The van der Waals surface area contributed by atoms with Crippen molar-refractivity contribution in [3.63, 3.8) is 0 Å². The van der Waals surface area contributed by atoms with Crippen LogP contribution in [-0.2, 0) is 5.75 Å². The van der Waals surface area contributed by atoms with Crippen molar-refractivity contribution in [1.82, 2.24) is 4.98 Å². The first-order chi connectivity index (χ1) is 11.6. The molecule has 5 heteroatoms. The van der Waals surface area contributed by atoms with Crippen LogP contribution in [0.3, 0.4) is 0 Å². The predicted octanol–water partition coefficient (Wildman–Crippen LogP) is 5.30. The molecule has 2 aromatic carbocycles. The highest BCUT2D eigenvalue weighted by Gasteiger charge is 2.10. The lowest BCUT2D eigenvalue weighted by molar-refractivity contribution is 0.102. The van der Waals surface area contributed by atoms with Crippen LogP contribution in [0.5, 0.6) is 0 Å². The number of hydrogen-bond donors (Lipinski definition) is 1. The second-order valence-corrected chi connectivity index (χ2v) is 7.67. The third kappa shape index (κ3) is 4.24. The van der Waals surface area contributed by atoms with Crippen molar-refractivity contribution in [2.24, 2.45) is 0 Å². The Hall–Kier alpha value is -2.11. The lowest BCUT2D eigenvalue weighted by Crippen LogP contribution is -2.11. The van der Waals surface area contributed by atoms with Crippen molar-refractivity contribution in [3.05, 3.63) is 76.3 Å². The number of amides is 1. The van der Waals surface area contributed by atoms with E-state index in [1.807, 2.05) is 56.3 Å². The van der Waals surface area contributed by atoms with E-state index in [1.54, 1.807) is 11.8 Å². The van der Waals surface area contributed by atoms with Crippen molar-refractivity contribution in [3.8, 4) is 0 Å². The van der Waals surface area contributed by atoms with Gasteiger partial charge in [0.05, 0.1) is 5.69 Å². The zero-order valence-electron chi connectivity index (χ0n) is 13.6. The number of thioether (sulfide) groups is 1. The van der Waals surface area contributed by atoms with E-state index in [9.17, 15) is 4.79 Å². The fourth-order valence-corrected chi connectivity index (χ4v) is 3.82. The summed E-state index contributed by atoms with van der Waals surface area (Å²) in [6, 6.07) is 18.0. The molecule has 0 spiro atoms. The number of carbonyl (C=O) groups excluding carboxylic acids is 1. The maximum atomic E-state index is 12.3. The van der Waals surface area contributed by atoms with Crippen molar-refractivity contribution >= 4 is 34.1 Å². The minimum atomic E-state index is -0.119. The van der Waals surface area contributed by atoms with Crippen molar-refractivity contribution in [1.29, 1.82) is 0 Å². The molecule has 0 aliphatic carbocycles. The number of anilines is 1. The number of thiazole rings is 1. The van der Waals surface area contributed by atoms with Gasteiger partial charge in [0, 0.05) is 21.1 Å². The average molecular weight is 355 g/mol. The molecule has 0 unspecified atom stereocenters. The highest BCUT2D eigenvalue weighted by Crippen LogP contribution is 2.23. The van der Waals surface area contributed by atoms with E-state index in [4.69, 9.17) is 0 Å². The van der Waals surface area contributed by atoms with Gasteiger partial charge in [-0.3, -0.25) is 10.1 Å². The number of aryl methyl sites for hydroxylation is 2. The zero-order valence-corrected chi connectivity index (χ0v) is 15.2. The second-order valence-electron chi connectivity index (χ2n) is 5.41. The van der Waals surface area contributed by atoms with Crippen LogP contribution in [0, 0.1) is 13.8 Å². The SMILES string of the molecule is Cc1nc(NC(=O)c2ccc(CSc3ccccc3)cc2)sc1C. The summed E-state index contributed by atoms with van der Waals surface area (Å²) in [6.07, 6.45) is 0. The Morgan fingerprint density at radius 1 is 1.08 bits per heavy atom. The Morgan fingerprint density at radius 3 is 2.42 bits per heavy atom. The summed E-state index contributed by atoms with van der Waals surface area (Å²) in [4.78, 5) is 19.0. The lowest BCUT2D eigenvalue weighted by atomic mass is 10.1. The van der Waals surface area contributed by atoms with Gasteiger partial charge < -0.3 is 0 Å². The molecule has 0 saturated carbocycles. The van der Waals surface area contributed by atoms with Gasteiger partial charge >= 0.3 is 0 Å².